The van der Waals surface area contributed by atoms with Crippen LogP contribution in [0.15, 0.2) is 42.2 Å². The van der Waals surface area contributed by atoms with E-state index in [2.05, 4.69) is 32.9 Å². The SMILES string of the molecule is Cc1ccc(OCC2C=C(O)C=C[C@@H]2C)cc1C. The summed E-state index contributed by atoms with van der Waals surface area (Å²) in [6.07, 6.45) is 5.63. The molecule has 0 spiro atoms. The first-order valence-corrected chi connectivity index (χ1v) is 6.35. The van der Waals surface area contributed by atoms with E-state index >= 15 is 0 Å². The smallest absolute Gasteiger partial charge is 0.119 e. The molecule has 0 amide bonds. The van der Waals surface area contributed by atoms with Crippen LogP contribution in [0, 0.1) is 25.7 Å². The molecule has 2 heteroatoms. The fourth-order valence-corrected chi connectivity index (χ4v) is 2.02. The average Bonchev–Trinajstić information content (AvgIpc) is 2.34. The van der Waals surface area contributed by atoms with Gasteiger partial charge >= 0.3 is 0 Å². The van der Waals surface area contributed by atoms with E-state index in [4.69, 9.17) is 4.74 Å². The molecule has 96 valence electrons. The van der Waals surface area contributed by atoms with Crippen molar-refractivity contribution in [1.82, 2.24) is 0 Å². The summed E-state index contributed by atoms with van der Waals surface area (Å²) in [5.74, 6) is 1.86. The van der Waals surface area contributed by atoms with Gasteiger partial charge in [-0.05, 0) is 55.2 Å². The van der Waals surface area contributed by atoms with Crippen molar-refractivity contribution in [3.8, 4) is 5.75 Å². The van der Waals surface area contributed by atoms with E-state index in [0.29, 0.717) is 18.3 Å². The lowest BCUT2D eigenvalue weighted by Gasteiger charge is -2.21. The van der Waals surface area contributed by atoms with Crippen molar-refractivity contribution in [3.05, 3.63) is 53.3 Å². The number of aliphatic hydroxyl groups excluding tert-OH is 1. The molecular weight excluding hydrogens is 224 g/mol. The van der Waals surface area contributed by atoms with E-state index < -0.39 is 0 Å². The predicted molar refractivity (Wildman–Crippen MR) is 73.9 cm³/mol. The van der Waals surface area contributed by atoms with Crippen LogP contribution < -0.4 is 4.74 Å². The predicted octanol–water partition coefficient (Wildman–Crippen LogP) is 3.95. The second-order valence-electron chi connectivity index (χ2n) is 5.03. The standard InChI is InChI=1S/C16H20O2/c1-11-5-7-16(8-13(11)3)18-10-14-9-15(17)6-4-12(14)2/h4-9,12,14,17H,10H2,1-3H3/t12-,14?/m0/s1. The van der Waals surface area contributed by atoms with E-state index in [9.17, 15) is 5.11 Å². The Morgan fingerprint density at radius 2 is 2.00 bits per heavy atom. The molecule has 1 aromatic carbocycles. The van der Waals surface area contributed by atoms with Gasteiger partial charge in [0.25, 0.3) is 0 Å². The summed E-state index contributed by atoms with van der Waals surface area (Å²) in [6.45, 7) is 6.90. The minimum Gasteiger partial charge on any atom is -0.508 e. The van der Waals surface area contributed by atoms with Crippen molar-refractivity contribution in [2.24, 2.45) is 11.8 Å². The Morgan fingerprint density at radius 3 is 2.72 bits per heavy atom. The van der Waals surface area contributed by atoms with Crippen molar-refractivity contribution in [3.63, 3.8) is 0 Å². The van der Waals surface area contributed by atoms with Gasteiger partial charge in [-0.25, -0.2) is 0 Å². The molecule has 2 rings (SSSR count). The van der Waals surface area contributed by atoms with Gasteiger partial charge in [0.2, 0.25) is 0 Å². The molecule has 0 aromatic heterocycles. The summed E-state index contributed by atoms with van der Waals surface area (Å²) in [4.78, 5) is 0. The zero-order valence-corrected chi connectivity index (χ0v) is 11.2. The van der Waals surface area contributed by atoms with Crippen molar-refractivity contribution >= 4 is 0 Å². The first-order valence-electron chi connectivity index (χ1n) is 6.35. The van der Waals surface area contributed by atoms with Crippen LogP contribution in [0.1, 0.15) is 18.1 Å². The van der Waals surface area contributed by atoms with E-state index in [1.54, 1.807) is 6.08 Å². The lowest BCUT2D eigenvalue weighted by atomic mass is 9.90. The largest absolute Gasteiger partial charge is 0.508 e. The molecule has 1 aliphatic carbocycles. The molecule has 18 heavy (non-hydrogen) atoms. The Morgan fingerprint density at radius 1 is 1.22 bits per heavy atom. The van der Waals surface area contributed by atoms with Crippen LogP contribution in [0.3, 0.4) is 0 Å². The normalized spacial score (nSPS) is 22.7. The monoisotopic (exact) mass is 244 g/mol. The molecule has 0 fully saturated rings. The highest BCUT2D eigenvalue weighted by Crippen LogP contribution is 2.24. The summed E-state index contributed by atoms with van der Waals surface area (Å²) in [6, 6.07) is 6.12. The van der Waals surface area contributed by atoms with Crippen LogP contribution in [-0.2, 0) is 0 Å². The molecule has 1 aromatic rings. The molecule has 0 bridgehead atoms. The zero-order valence-electron chi connectivity index (χ0n) is 11.2. The minimum atomic E-state index is 0.233. The molecule has 2 atom stereocenters. The van der Waals surface area contributed by atoms with Gasteiger partial charge in [-0.15, -0.1) is 0 Å². The number of hydrogen-bond donors (Lipinski definition) is 1. The Balaban J connectivity index is 1.99. The van der Waals surface area contributed by atoms with Crippen molar-refractivity contribution in [2.75, 3.05) is 6.61 Å². The maximum Gasteiger partial charge on any atom is 0.119 e. The second-order valence-corrected chi connectivity index (χ2v) is 5.03. The van der Waals surface area contributed by atoms with E-state index in [1.165, 1.54) is 11.1 Å². The number of aryl methyl sites for hydroxylation is 2. The quantitative estimate of drug-likeness (QED) is 0.872. The number of benzene rings is 1. The van der Waals surface area contributed by atoms with Gasteiger partial charge in [-0.1, -0.05) is 19.1 Å². The molecule has 0 saturated heterocycles. The van der Waals surface area contributed by atoms with Gasteiger partial charge in [0, 0.05) is 5.92 Å². The van der Waals surface area contributed by atoms with E-state index in [0.717, 1.165) is 5.75 Å². The number of rotatable bonds is 3. The van der Waals surface area contributed by atoms with Gasteiger partial charge in [-0.3, -0.25) is 0 Å². The third-order valence-corrected chi connectivity index (χ3v) is 3.55. The van der Waals surface area contributed by atoms with Crippen molar-refractivity contribution in [2.45, 2.75) is 20.8 Å². The lowest BCUT2D eigenvalue weighted by molar-refractivity contribution is 0.245. The van der Waals surface area contributed by atoms with Crippen LogP contribution in [0.2, 0.25) is 0 Å². The van der Waals surface area contributed by atoms with Crippen molar-refractivity contribution < 1.29 is 9.84 Å². The minimum absolute atomic E-state index is 0.233. The number of allylic oxidation sites excluding steroid dienone is 2. The average molecular weight is 244 g/mol. The highest BCUT2D eigenvalue weighted by atomic mass is 16.5. The first-order chi connectivity index (χ1) is 8.56. The summed E-state index contributed by atoms with van der Waals surface area (Å²) < 4.78 is 5.81. The third kappa shape index (κ3) is 2.95. The fourth-order valence-electron chi connectivity index (χ4n) is 2.02. The maximum absolute atomic E-state index is 9.49. The summed E-state index contributed by atoms with van der Waals surface area (Å²) in [5.41, 5.74) is 2.51. The van der Waals surface area contributed by atoms with Gasteiger partial charge in [0.15, 0.2) is 0 Å². The van der Waals surface area contributed by atoms with Crippen molar-refractivity contribution in [1.29, 1.82) is 0 Å². The van der Waals surface area contributed by atoms with E-state index in [-0.39, 0.29) is 5.92 Å². The lowest BCUT2D eigenvalue weighted by Crippen LogP contribution is -2.19. The first kappa shape index (κ1) is 12.7. The molecule has 1 aliphatic rings. The van der Waals surface area contributed by atoms with Gasteiger partial charge in [-0.2, -0.15) is 0 Å². The summed E-state index contributed by atoms with van der Waals surface area (Å²) >= 11 is 0. The highest BCUT2D eigenvalue weighted by Gasteiger charge is 2.17. The molecule has 0 heterocycles. The number of aliphatic hydroxyl groups is 1. The van der Waals surface area contributed by atoms with Crippen LogP contribution in [0.4, 0.5) is 0 Å². The van der Waals surface area contributed by atoms with Gasteiger partial charge < -0.3 is 9.84 Å². The Hall–Kier alpha value is -1.70. The van der Waals surface area contributed by atoms with E-state index in [1.807, 2.05) is 18.2 Å². The molecule has 0 aliphatic heterocycles. The summed E-state index contributed by atoms with van der Waals surface area (Å²) in [5, 5.41) is 9.49. The van der Waals surface area contributed by atoms with Gasteiger partial charge in [0.1, 0.15) is 11.5 Å². The topological polar surface area (TPSA) is 29.5 Å². The third-order valence-electron chi connectivity index (χ3n) is 3.55. The molecule has 0 saturated carbocycles. The molecule has 1 N–H and O–H groups in total. The molecular formula is C16H20O2. The molecule has 1 unspecified atom stereocenters. The fraction of sp³-hybridized carbons (Fsp3) is 0.375. The van der Waals surface area contributed by atoms with Crippen LogP contribution in [0.5, 0.6) is 5.75 Å². The number of ether oxygens (including phenoxy) is 1. The maximum atomic E-state index is 9.49. The van der Waals surface area contributed by atoms with Crippen LogP contribution >= 0.6 is 0 Å². The van der Waals surface area contributed by atoms with Crippen LogP contribution in [0.25, 0.3) is 0 Å². The Labute approximate surface area is 109 Å². The molecule has 2 nitrogen and oxygen atoms in total. The zero-order chi connectivity index (χ0) is 13.1. The number of hydrogen-bond acceptors (Lipinski definition) is 2. The summed E-state index contributed by atoms with van der Waals surface area (Å²) in [7, 11) is 0. The second kappa shape index (κ2) is 5.30. The Kier molecular flexibility index (Phi) is 3.75. The molecule has 0 radical (unpaired) electrons. The van der Waals surface area contributed by atoms with Gasteiger partial charge in [0.05, 0.1) is 6.61 Å². The Bertz CT molecular complexity index is 486. The highest BCUT2D eigenvalue weighted by molar-refractivity contribution is 5.33. The van der Waals surface area contributed by atoms with Crippen LogP contribution in [-0.4, -0.2) is 11.7 Å².